The van der Waals surface area contributed by atoms with Crippen LogP contribution in [-0.2, 0) is 11.3 Å². The fraction of sp³-hybridized carbons (Fsp3) is 0.250. The summed E-state index contributed by atoms with van der Waals surface area (Å²) >= 11 is 0. The van der Waals surface area contributed by atoms with Gasteiger partial charge in [-0.1, -0.05) is 18.2 Å². The smallest absolute Gasteiger partial charge is 0.407 e. The highest BCUT2D eigenvalue weighted by atomic mass is 19.4. The number of hydrogen-bond acceptors (Lipinski definition) is 3. The van der Waals surface area contributed by atoms with Crippen molar-refractivity contribution < 1.29 is 22.7 Å². The Bertz CT molecular complexity index is 986. The number of halogens is 3. The third kappa shape index (κ3) is 2.75. The number of aromatic nitrogens is 2. The maximum Gasteiger partial charge on any atom is 0.407 e. The van der Waals surface area contributed by atoms with E-state index < -0.39 is 29.7 Å². The summed E-state index contributed by atoms with van der Waals surface area (Å²) in [4.78, 5) is 24.4. The monoisotopic (exact) mass is 338 g/mol. The summed E-state index contributed by atoms with van der Waals surface area (Å²) in [5, 5.41) is 0.603. The number of alkyl halides is 3. The van der Waals surface area contributed by atoms with E-state index >= 15 is 0 Å². The van der Waals surface area contributed by atoms with Crippen LogP contribution in [0.2, 0.25) is 0 Å². The first-order valence-corrected chi connectivity index (χ1v) is 7.19. The fourth-order valence-electron chi connectivity index (χ4n) is 2.64. The standard InChI is InChI=1S/C16H13F3N2O3/c1-2-24-15(23)11-8-20(9-16(17,18)19)21-12-6-4-3-5-10(12)7-13(21)14(11)22/h3-8H,2,9H2,1H3. The summed E-state index contributed by atoms with van der Waals surface area (Å²) < 4.78 is 45.5. The van der Waals surface area contributed by atoms with E-state index in [9.17, 15) is 22.8 Å². The van der Waals surface area contributed by atoms with Gasteiger partial charge in [0.05, 0.1) is 12.1 Å². The molecule has 24 heavy (non-hydrogen) atoms. The summed E-state index contributed by atoms with van der Waals surface area (Å²) in [5.41, 5.74) is -0.644. The van der Waals surface area contributed by atoms with Crippen LogP contribution in [0, 0.1) is 0 Å². The molecule has 5 nitrogen and oxygen atoms in total. The molecule has 0 aliphatic heterocycles. The van der Waals surface area contributed by atoms with Crippen molar-refractivity contribution in [3.63, 3.8) is 0 Å². The maximum atomic E-state index is 12.9. The van der Waals surface area contributed by atoms with Crippen molar-refractivity contribution in [2.75, 3.05) is 6.61 Å². The van der Waals surface area contributed by atoms with Gasteiger partial charge in [-0.25, -0.2) is 9.31 Å². The van der Waals surface area contributed by atoms with Crippen LogP contribution in [-0.4, -0.2) is 27.9 Å². The van der Waals surface area contributed by atoms with Gasteiger partial charge in [-0.3, -0.25) is 9.48 Å². The molecule has 0 radical (unpaired) electrons. The second-order valence-electron chi connectivity index (χ2n) is 5.21. The third-order valence-electron chi connectivity index (χ3n) is 3.53. The highest BCUT2D eigenvalue weighted by Crippen LogP contribution is 2.22. The number of benzene rings is 1. The Hall–Kier alpha value is -2.77. The molecule has 0 fully saturated rings. The van der Waals surface area contributed by atoms with E-state index in [-0.39, 0.29) is 12.1 Å². The number of fused-ring (bicyclic) bond motifs is 3. The Morgan fingerprint density at radius 1 is 1.21 bits per heavy atom. The SMILES string of the molecule is CCOC(=O)c1cn(CC(F)(F)F)n2c(cc3ccccc32)c1=O. The summed E-state index contributed by atoms with van der Waals surface area (Å²) in [6, 6.07) is 8.14. The predicted molar refractivity (Wildman–Crippen MR) is 81.2 cm³/mol. The lowest BCUT2D eigenvalue weighted by molar-refractivity contribution is -0.143. The molecule has 0 saturated heterocycles. The van der Waals surface area contributed by atoms with Gasteiger partial charge >= 0.3 is 12.1 Å². The minimum absolute atomic E-state index is 0.00833. The van der Waals surface area contributed by atoms with Crippen molar-refractivity contribution in [2.45, 2.75) is 19.6 Å². The lowest BCUT2D eigenvalue weighted by Crippen LogP contribution is -2.28. The molecule has 3 rings (SSSR count). The van der Waals surface area contributed by atoms with Gasteiger partial charge in [-0.15, -0.1) is 0 Å². The van der Waals surface area contributed by atoms with Crippen molar-refractivity contribution in [1.82, 2.24) is 9.20 Å². The largest absolute Gasteiger partial charge is 0.462 e. The lowest BCUT2D eigenvalue weighted by atomic mass is 10.2. The highest BCUT2D eigenvalue weighted by molar-refractivity contribution is 5.93. The van der Waals surface area contributed by atoms with Gasteiger partial charge in [0.15, 0.2) is 0 Å². The number of nitrogens with zero attached hydrogens (tertiary/aromatic N) is 2. The van der Waals surface area contributed by atoms with Crippen molar-refractivity contribution in [2.24, 2.45) is 0 Å². The second-order valence-corrected chi connectivity index (χ2v) is 5.21. The van der Waals surface area contributed by atoms with E-state index in [0.29, 0.717) is 10.9 Å². The minimum Gasteiger partial charge on any atom is -0.462 e. The number of ether oxygens (including phenoxy) is 1. The van der Waals surface area contributed by atoms with Crippen LogP contribution in [0.15, 0.2) is 41.3 Å². The van der Waals surface area contributed by atoms with Crippen LogP contribution in [0.4, 0.5) is 13.2 Å². The normalized spacial score (nSPS) is 12.0. The Morgan fingerprint density at radius 3 is 2.58 bits per heavy atom. The van der Waals surface area contributed by atoms with E-state index in [2.05, 4.69) is 0 Å². The number of rotatable bonds is 3. The van der Waals surface area contributed by atoms with Gasteiger partial charge < -0.3 is 4.74 Å². The second kappa shape index (κ2) is 5.70. The molecule has 0 aliphatic rings. The van der Waals surface area contributed by atoms with Crippen LogP contribution >= 0.6 is 0 Å². The molecule has 0 atom stereocenters. The van der Waals surface area contributed by atoms with Crippen LogP contribution < -0.4 is 5.43 Å². The number of para-hydroxylation sites is 1. The molecule has 0 N–H and O–H groups in total. The van der Waals surface area contributed by atoms with E-state index in [0.717, 1.165) is 10.9 Å². The Labute approximate surface area is 133 Å². The van der Waals surface area contributed by atoms with E-state index in [1.165, 1.54) is 10.6 Å². The van der Waals surface area contributed by atoms with Crippen LogP contribution in [0.1, 0.15) is 17.3 Å². The molecule has 0 amide bonds. The van der Waals surface area contributed by atoms with E-state index in [1.807, 2.05) is 0 Å². The maximum absolute atomic E-state index is 12.9. The molecule has 1 aromatic carbocycles. The molecular weight excluding hydrogens is 325 g/mol. The number of carbonyl (C=O) groups excluding carboxylic acids is 1. The van der Waals surface area contributed by atoms with Gasteiger partial charge in [0, 0.05) is 11.6 Å². The number of hydrogen-bond donors (Lipinski definition) is 0. The van der Waals surface area contributed by atoms with E-state index in [1.54, 1.807) is 31.2 Å². The summed E-state index contributed by atoms with van der Waals surface area (Å²) in [6.45, 7) is 0.233. The molecule has 126 valence electrons. The number of esters is 1. The molecule has 0 spiro atoms. The van der Waals surface area contributed by atoms with Crippen LogP contribution in [0.5, 0.6) is 0 Å². The zero-order valence-electron chi connectivity index (χ0n) is 12.6. The van der Waals surface area contributed by atoms with Gasteiger partial charge in [-0.2, -0.15) is 13.2 Å². The lowest BCUT2D eigenvalue weighted by Gasteiger charge is -2.15. The third-order valence-corrected chi connectivity index (χ3v) is 3.53. The minimum atomic E-state index is -4.51. The predicted octanol–water partition coefficient (Wildman–Crippen LogP) is 2.99. The van der Waals surface area contributed by atoms with E-state index in [4.69, 9.17) is 4.74 Å². The zero-order valence-corrected chi connectivity index (χ0v) is 12.6. The molecule has 0 bridgehead atoms. The molecule has 2 aromatic heterocycles. The van der Waals surface area contributed by atoms with Crippen molar-refractivity contribution >= 4 is 22.4 Å². The fourth-order valence-corrected chi connectivity index (χ4v) is 2.64. The molecule has 0 aliphatic carbocycles. The summed E-state index contributed by atoms with van der Waals surface area (Å²) in [7, 11) is 0. The first-order valence-electron chi connectivity index (χ1n) is 7.19. The summed E-state index contributed by atoms with van der Waals surface area (Å²) in [6.07, 6.45) is -3.62. The van der Waals surface area contributed by atoms with Crippen molar-refractivity contribution in [3.8, 4) is 0 Å². The highest BCUT2D eigenvalue weighted by Gasteiger charge is 2.30. The molecular formula is C16H13F3N2O3. The quantitative estimate of drug-likeness (QED) is 0.690. The van der Waals surface area contributed by atoms with Gasteiger partial charge in [0.25, 0.3) is 0 Å². The summed E-state index contributed by atoms with van der Waals surface area (Å²) in [5.74, 6) is -0.939. The Balaban J connectivity index is 2.37. The first-order chi connectivity index (χ1) is 11.3. The first kappa shape index (κ1) is 16.1. The molecule has 0 unspecified atom stereocenters. The topological polar surface area (TPSA) is 52.7 Å². The van der Waals surface area contributed by atoms with Gasteiger partial charge in [0.1, 0.15) is 17.6 Å². The van der Waals surface area contributed by atoms with Crippen LogP contribution in [0.3, 0.4) is 0 Å². The Kier molecular flexibility index (Phi) is 3.82. The van der Waals surface area contributed by atoms with Crippen molar-refractivity contribution in [1.29, 1.82) is 0 Å². The number of carbonyl (C=O) groups is 1. The molecule has 3 aromatic rings. The zero-order chi connectivity index (χ0) is 17.5. The van der Waals surface area contributed by atoms with Gasteiger partial charge in [-0.05, 0) is 19.1 Å². The molecule has 0 saturated carbocycles. The average molecular weight is 338 g/mol. The molecule has 2 heterocycles. The van der Waals surface area contributed by atoms with Gasteiger partial charge in [0.2, 0.25) is 5.43 Å². The van der Waals surface area contributed by atoms with Crippen LogP contribution in [0.25, 0.3) is 16.4 Å². The Morgan fingerprint density at radius 2 is 1.92 bits per heavy atom. The molecule has 8 heteroatoms. The average Bonchev–Trinajstić information content (AvgIpc) is 2.89. The van der Waals surface area contributed by atoms with Crippen molar-refractivity contribution in [3.05, 3.63) is 52.3 Å².